The number of aromatic amines is 3. The van der Waals surface area contributed by atoms with Gasteiger partial charge in [-0.2, -0.15) is 0 Å². The number of carbonyl (C=O) groups is 9. The zero-order chi connectivity index (χ0) is 54.9. The molecule has 0 aliphatic rings. The number of hydrogen-bond donors (Lipinski definition) is 8. The second-order valence-corrected chi connectivity index (χ2v) is 19.0. The molecule has 8 N–H and O–H groups in total. The van der Waals surface area contributed by atoms with Gasteiger partial charge in [0.15, 0.2) is 23.1 Å². The summed E-state index contributed by atoms with van der Waals surface area (Å²) in [6, 6.07) is 26.5. The van der Waals surface area contributed by atoms with E-state index in [4.69, 9.17) is 0 Å². The molecule has 8 rings (SSSR count). The Morgan fingerprint density at radius 2 is 0.714 bits per heavy atom. The summed E-state index contributed by atoms with van der Waals surface area (Å²) in [5, 5.41) is 22.9. The monoisotopic (exact) mass is 1030 g/mol. The molecule has 0 spiro atoms. The number of H-pyrrole nitrogens is 3. The van der Waals surface area contributed by atoms with E-state index in [-0.39, 0.29) is 76.4 Å². The molecular weight excluding hydrogens is 979 g/mol. The molecule has 0 bridgehead atoms. The van der Waals surface area contributed by atoms with Crippen molar-refractivity contribution in [3.05, 3.63) is 178 Å². The Kier molecular flexibility index (Phi) is 16.5. The summed E-state index contributed by atoms with van der Waals surface area (Å²) in [5.74, 6) is 0.232. The summed E-state index contributed by atoms with van der Waals surface area (Å²) in [6.45, 7) is 5.27. The van der Waals surface area contributed by atoms with Gasteiger partial charge in [-0.25, -0.2) is 0 Å². The van der Waals surface area contributed by atoms with Crippen molar-refractivity contribution in [3.8, 4) is 11.8 Å². The largest absolute Gasteiger partial charge is 0.481 e. The lowest BCUT2D eigenvalue weighted by Gasteiger charge is -2.18. The molecule has 4 atom stereocenters. The number of carboxylic acid groups (broad SMARTS) is 1. The summed E-state index contributed by atoms with van der Waals surface area (Å²) in [7, 11) is 0. The number of ketones is 4. The Morgan fingerprint density at radius 1 is 0.429 bits per heavy atom. The van der Waals surface area contributed by atoms with Gasteiger partial charge in [-0.05, 0) is 105 Å². The number of para-hydroxylation sites is 3. The Hall–Kier alpha value is -9.69. The minimum atomic E-state index is -1.18. The third-order valence-electron chi connectivity index (χ3n) is 13.4. The van der Waals surface area contributed by atoms with Crippen molar-refractivity contribution in [2.24, 2.45) is 0 Å². The van der Waals surface area contributed by atoms with Crippen molar-refractivity contribution in [1.82, 2.24) is 36.2 Å². The molecule has 77 heavy (non-hydrogen) atoms. The highest BCUT2D eigenvalue weighted by molar-refractivity contribution is 6.05. The molecule has 0 saturated heterocycles. The molecule has 5 aromatic carbocycles. The minimum absolute atomic E-state index is 0.0570. The van der Waals surface area contributed by atoms with E-state index in [0.717, 1.165) is 49.4 Å². The number of carboxylic acids is 1. The number of Topliss-reactive ketones (excluding diaryl/α,β-unsaturated/α-hetero) is 4. The maximum atomic E-state index is 14.3. The van der Waals surface area contributed by atoms with Crippen LogP contribution in [0, 0.1) is 11.8 Å². The number of aromatic nitrogens is 3. The molecule has 4 unspecified atom stereocenters. The molecule has 390 valence electrons. The van der Waals surface area contributed by atoms with Crippen LogP contribution in [0.25, 0.3) is 32.7 Å². The number of rotatable bonds is 21. The predicted molar refractivity (Wildman–Crippen MR) is 289 cm³/mol. The zero-order valence-corrected chi connectivity index (χ0v) is 42.6. The first-order chi connectivity index (χ1) is 36.9. The molecule has 17 nitrogen and oxygen atoms in total. The third kappa shape index (κ3) is 13.2. The zero-order valence-electron chi connectivity index (χ0n) is 42.6. The Morgan fingerprint density at radius 3 is 1.00 bits per heavy atom. The molecule has 0 radical (unpaired) electrons. The first kappa shape index (κ1) is 53.6. The summed E-state index contributed by atoms with van der Waals surface area (Å²) in [6.07, 6.45) is 5.11. The van der Waals surface area contributed by atoms with Gasteiger partial charge >= 0.3 is 5.97 Å². The van der Waals surface area contributed by atoms with Gasteiger partial charge in [0.25, 0.3) is 23.6 Å². The van der Waals surface area contributed by atoms with Crippen molar-refractivity contribution >= 4 is 85.4 Å². The number of amides is 4. The van der Waals surface area contributed by atoms with E-state index in [1.165, 1.54) is 64.1 Å². The van der Waals surface area contributed by atoms with E-state index in [1.54, 1.807) is 18.6 Å². The van der Waals surface area contributed by atoms with Crippen molar-refractivity contribution in [2.75, 3.05) is 0 Å². The number of carbonyl (C=O) groups excluding carboxylic acids is 8. The van der Waals surface area contributed by atoms with Crippen LogP contribution in [-0.4, -0.2) is 97.0 Å². The Balaban J connectivity index is 1.15. The predicted octanol–water partition coefficient (Wildman–Crippen LogP) is 6.87. The smallest absolute Gasteiger partial charge is 0.303 e. The molecule has 3 aromatic heterocycles. The van der Waals surface area contributed by atoms with Gasteiger partial charge in [0.1, 0.15) is 0 Å². The van der Waals surface area contributed by atoms with Crippen LogP contribution in [0.5, 0.6) is 0 Å². The van der Waals surface area contributed by atoms with E-state index in [9.17, 15) is 48.3 Å². The SMILES string of the molecule is CC(=O)C(CCC(=O)O)NC(=O)c1cc(C#Cc2cc(C(=O)NC(Cc3c[nH]c4ccccc34)C(C)=O)cc(C(=O)NC(Cc3c[nH]c4ccccc34)C(C)=O)c2)cc(C(=O)NC(Cc2c[nH]c3ccccc23)C(C)=O)c1. The lowest BCUT2D eigenvalue weighted by Crippen LogP contribution is -2.42. The number of fused-ring (bicyclic) bond motifs is 3. The Bertz CT molecular complexity index is 3590. The third-order valence-corrected chi connectivity index (χ3v) is 13.4. The van der Waals surface area contributed by atoms with Crippen LogP contribution in [-0.2, 0) is 43.2 Å². The van der Waals surface area contributed by atoms with Crippen molar-refractivity contribution in [3.63, 3.8) is 0 Å². The van der Waals surface area contributed by atoms with Gasteiger partial charge in [0, 0.05) is 110 Å². The minimum Gasteiger partial charge on any atom is -0.481 e. The molecule has 0 aliphatic carbocycles. The van der Waals surface area contributed by atoms with Gasteiger partial charge in [0.2, 0.25) is 0 Å². The van der Waals surface area contributed by atoms with E-state index < -0.39 is 66.0 Å². The molecule has 3 heterocycles. The maximum absolute atomic E-state index is 14.3. The van der Waals surface area contributed by atoms with Gasteiger partial charge < -0.3 is 41.3 Å². The summed E-state index contributed by atoms with van der Waals surface area (Å²) in [4.78, 5) is 130. The molecule has 0 saturated carbocycles. The van der Waals surface area contributed by atoms with E-state index in [2.05, 4.69) is 48.1 Å². The van der Waals surface area contributed by atoms with Gasteiger partial charge in [-0.3, -0.25) is 43.2 Å². The van der Waals surface area contributed by atoms with E-state index in [1.807, 2.05) is 72.8 Å². The molecule has 0 fully saturated rings. The van der Waals surface area contributed by atoms with Crippen molar-refractivity contribution < 1.29 is 48.3 Å². The van der Waals surface area contributed by atoms with Gasteiger partial charge in [-0.1, -0.05) is 66.4 Å². The summed E-state index contributed by atoms with van der Waals surface area (Å²) < 4.78 is 0. The number of hydrogen-bond acceptors (Lipinski definition) is 9. The normalized spacial score (nSPS) is 12.6. The fourth-order valence-electron chi connectivity index (χ4n) is 9.13. The highest BCUT2D eigenvalue weighted by Crippen LogP contribution is 2.23. The quantitative estimate of drug-likeness (QED) is 0.0346. The highest BCUT2D eigenvalue weighted by Gasteiger charge is 2.26. The van der Waals surface area contributed by atoms with Crippen LogP contribution in [0.4, 0.5) is 0 Å². The van der Waals surface area contributed by atoms with Gasteiger partial charge in [-0.15, -0.1) is 0 Å². The van der Waals surface area contributed by atoms with Crippen molar-refractivity contribution in [1.29, 1.82) is 0 Å². The van der Waals surface area contributed by atoms with E-state index >= 15 is 0 Å². The number of nitrogens with one attached hydrogen (secondary N) is 7. The first-order valence-electron chi connectivity index (χ1n) is 24.8. The fourth-order valence-corrected chi connectivity index (χ4v) is 9.13. The first-order valence-corrected chi connectivity index (χ1v) is 24.8. The summed E-state index contributed by atoms with van der Waals surface area (Å²) >= 11 is 0. The maximum Gasteiger partial charge on any atom is 0.303 e. The average molecular weight is 1030 g/mol. The van der Waals surface area contributed by atoms with Crippen LogP contribution in [0.3, 0.4) is 0 Å². The van der Waals surface area contributed by atoms with Crippen LogP contribution in [0.2, 0.25) is 0 Å². The fraction of sp³-hybridized carbons (Fsp3) is 0.217. The molecule has 0 aliphatic heterocycles. The standard InChI is InChI=1S/C60H55N7O10/c1-33(68)49(19-20-56(72)73)64-57(74)39-21-37(22-40(25-39)58(75)65-53(34(2)69)27-43-30-61-50-14-8-5-11-46(43)50)17-18-38-23-41(59(76)66-54(35(3)70)28-44-31-62-51-15-9-6-12-47(44)51)26-42(24-38)60(77)67-55(36(4)71)29-45-32-63-52-16-10-7-13-48(45)52/h5-16,21-26,30-32,49,53-55,61-63H,19-20,27-29H2,1-4H3,(H,64,74)(H,65,75)(H,66,76)(H,67,77)(H,72,73). The molecule has 4 amide bonds. The molecular formula is C60H55N7O10. The number of benzene rings is 5. The highest BCUT2D eigenvalue weighted by atomic mass is 16.4. The second kappa shape index (κ2) is 23.7. The topological polar surface area (TPSA) is 269 Å². The van der Waals surface area contributed by atoms with Crippen LogP contribution >= 0.6 is 0 Å². The van der Waals surface area contributed by atoms with Gasteiger partial charge in [0.05, 0.1) is 24.2 Å². The van der Waals surface area contributed by atoms with Crippen LogP contribution < -0.4 is 21.3 Å². The number of aliphatic carboxylic acids is 1. The molecule has 8 aromatic rings. The van der Waals surface area contributed by atoms with Crippen LogP contribution in [0.1, 0.15) is 110 Å². The lowest BCUT2D eigenvalue weighted by atomic mass is 9.99. The second-order valence-electron chi connectivity index (χ2n) is 19.0. The summed E-state index contributed by atoms with van der Waals surface area (Å²) in [5.41, 5.74) is 4.74. The lowest BCUT2D eigenvalue weighted by molar-refractivity contribution is -0.137. The average Bonchev–Trinajstić information content (AvgIpc) is 4.16. The van der Waals surface area contributed by atoms with Crippen molar-refractivity contribution in [2.45, 2.75) is 84.0 Å². The van der Waals surface area contributed by atoms with Crippen LogP contribution in [0.15, 0.2) is 128 Å². The molecule has 17 heteroatoms. The van der Waals surface area contributed by atoms with E-state index in [0.29, 0.717) is 0 Å². The Labute approximate surface area is 442 Å².